The van der Waals surface area contributed by atoms with E-state index in [1.165, 1.54) is 6.92 Å². The summed E-state index contributed by atoms with van der Waals surface area (Å²) in [5.41, 5.74) is 2.15. The molecule has 3 aromatic carbocycles. The van der Waals surface area contributed by atoms with Gasteiger partial charge in [-0.1, -0.05) is 60.7 Å². The number of benzene rings is 3. The summed E-state index contributed by atoms with van der Waals surface area (Å²) in [7, 11) is 0. The zero-order valence-electron chi connectivity index (χ0n) is 14.8. The number of Topliss-reactive ketones (excluding diaryl/α,β-unsaturated/α-hetero) is 1. The van der Waals surface area contributed by atoms with E-state index in [0.29, 0.717) is 28.3 Å². The standard InChI is InChI=1S/C22H19IO4/c1-15(24)20-18(26-13-16-8-4-2-5-9-16)12-19(21(23)22(20)25)27-14-17-10-6-3-7-11-17/h2-12,25H,13-14H2,1H3. The molecule has 0 unspecified atom stereocenters. The van der Waals surface area contributed by atoms with Gasteiger partial charge in [0.05, 0.1) is 3.57 Å². The maximum Gasteiger partial charge on any atom is 0.167 e. The molecule has 0 spiro atoms. The van der Waals surface area contributed by atoms with Gasteiger partial charge in [0, 0.05) is 6.07 Å². The molecule has 0 aromatic heterocycles. The lowest BCUT2D eigenvalue weighted by atomic mass is 10.1. The van der Waals surface area contributed by atoms with Crippen LogP contribution in [0.2, 0.25) is 0 Å². The average molecular weight is 474 g/mol. The molecule has 27 heavy (non-hydrogen) atoms. The van der Waals surface area contributed by atoms with Crippen LogP contribution >= 0.6 is 22.6 Å². The van der Waals surface area contributed by atoms with Crippen LogP contribution in [0, 0.1) is 3.57 Å². The van der Waals surface area contributed by atoms with Crippen LogP contribution in [-0.4, -0.2) is 10.9 Å². The first-order valence-corrected chi connectivity index (χ1v) is 9.54. The molecule has 3 rings (SSSR count). The van der Waals surface area contributed by atoms with Crippen LogP contribution in [0.4, 0.5) is 0 Å². The first kappa shape index (κ1) is 19.2. The fourth-order valence-electron chi connectivity index (χ4n) is 2.63. The smallest absolute Gasteiger partial charge is 0.167 e. The van der Waals surface area contributed by atoms with Gasteiger partial charge >= 0.3 is 0 Å². The first-order chi connectivity index (χ1) is 13.1. The van der Waals surface area contributed by atoms with Crippen molar-refractivity contribution in [2.24, 2.45) is 0 Å². The lowest BCUT2D eigenvalue weighted by Crippen LogP contribution is -2.05. The van der Waals surface area contributed by atoms with E-state index in [4.69, 9.17) is 9.47 Å². The Kier molecular flexibility index (Phi) is 6.34. The van der Waals surface area contributed by atoms with Crippen molar-refractivity contribution in [2.75, 3.05) is 0 Å². The molecule has 0 aliphatic heterocycles. The molecule has 0 saturated heterocycles. The van der Waals surface area contributed by atoms with Crippen molar-refractivity contribution in [1.82, 2.24) is 0 Å². The Labute approximate surface area is 171 Å². The van der Waals surface area contributed by atoms with Crippen molar-refractivity contribution < 1.29 is 19.4 Å². The van der Waals surface area contributed by atoms with Gasteiger partial charge in [0.2, 0.25) is 0 Å². The van der Waals surface area contributed by atoms with Crippen LogP contribution < -0.4 is 9.47 Å². The molecule has 1 N–H and O–H groups in total. The van der Waals surface area contributed by atoms with Crippen LogP contribution in [0.3, 0.4) is 0 Å². The van der Waals surface area contributed by atoms with E-state index in [1.54, 1.807) is 6.07 Å². The van der Waals surface area contributed by atoms with E-state index in [1.807, 2.05) is 83.3 Å². The number of phenolic OH excluding ortho intramolecular Hbond substituents is 1. The zero-order chi connectivity index (χ0) is 19.2. The minimum absolute atomic E-state index is 0.114. The second-order valence-corrected chi connectivity index (χ2v) is 7.09. The number of hydrogen-bond donors (Lipinski definition) is 1. The number of phenols is 1. The van der Waals surface area contributed by atoms with Gasteiger partial charge in [-0.2, -0.15) is 0 Å². The summed E-state index contributed by atoms with van der Waals surface area (Å²) in [6.45, 7) is 2.05. The minimum atomic E-state index is -0.261. The summed E-state index contributed by atoms with van der Waals surface area (Å²) < 4.78 is 12.2. The summed E-state index contributed by atoms with van der Waals surface area (Å²) in [6.07, 6.45) is 0. The first-order valence-electron chi connectivity index (χ1n) is 8.46. The number of rotatable bonds is 7. The summed E-state index contributed by atoms with van der Waals surface area (Å²) in [5.74, 6) is 0.414. The van der Waals surface area contributed by atoms with Crippen molar-refractivity contribution in [1.29, 1.82) is 0 Å². The third-order valence-corrected chi connectivity index (χ3v) is 5.04. The van der Waals surface area contributed by atoms with Gasteiger partial charge in [-0.3, -0.25) is 4.79 Å². The maximum atomic E-state index is 12.1. The van der Waals surface area contributed by atoms with E-state index in [-0.39, 0.29) is 17.1 Å². The molecule has 5 heteroatoms. The molecule has 0 heterocycles. The highest BCUT2D eigenvalue weighted by atomic mass is 127. The van der Waals surface area contributed by atoms with Crippen molar-refractivity contribution in [3.05, 3.63) is 87.0 Å². The monoisotopic (exact) mass is 474 g/mol. The fraction of sp³-hybridized carbons (Fsp3) is 0.136. The fourth-order valence-corrected chi connectivity index (χ4v) is 3.21. The Bertz CT molecular complexity index is 924. The summed E-state index contributed by atoms with van der Waals surface area (Å²) in [5, 5.41) is 10.5. The predicted octanol–water partition coefficient (Wildman–Crippen LogP) is 5.36. The van der Waals surface area contributed by atoms with E-state index in [9.17, 15) is 9.90 Å². The molecule has 0 saturated carbocycles. The van der Waals surface area contributed by atoms with E-state index >= 15 is 0 Å². The van der Waals surface area contributed by atoms with Crippen molar-refractivity contribution in [3.8, 4) is 17.2 Å². The third kappa shape index (κ3) is 4.80. The van der Waals surface area contributed by atoms with E-state index in [0.717, 1.165) is 11.1 Å². The van der Waals surface area contributed by atoms with Gasteiger partial charge in [-0.05, 0) is 40.6 Å². The highest BCUT2D eigenvalue weighted by molar-refractivity contribution is 14.1. The van der Waals surface area contributed by atoms with Crippen molar-refractivity contribution in [3.63, 3.8) is 0 Å². The molecule has 4 nitrogen and oxygen atoms in total. The molecule has 0 aliphatic carbocycles. The Morgan fingerprint density at radius 2 is 1.37 bits per heavy atom. The van der Waals surface area contributed by atoms with Crippen LogP contribution in [0.1, 0.15) is 28.4 Å². The van der Waals surface area contributed by atoms with Crippen LogP contribution in [0.15, 0.2) is 66.7 Å². The number of carbonyl (C=O) groups is 1. The van der Waals surface area contributed by atoms with Gasteiger partial charge < -0.3 is 14.6 Å². The quantitative estimate of drug-likeness (QED) is 0.370. The summed E-state index contributed by atoms with van der Waals surface area (Å²) in [6, 6.07) is 21.1. The lowest BCUT2D eigenvalue weighted by Gasteiger charge is -2.16. The maximum absolute atomic E-state index is 12.1. The van der Waals surface area contributed by atoms with Gasteiger partial charge in [-0.25, -0.2) is 0 Å². The lowest BCUT2D eigenvalue weighted by molar-refractivity contribution is 0.101. The molecule has 3 aromatic rings. The van der Waals surface area contributed by atoms with Gasteiger partial charge in [0.25, 0.3) is 0 Å². The molecule has 0 radical (unpaired) electrons. The number of ether oxygens (including phenoxy) is 2. The SMILES string of the molecule is CC(=O)c1c(OCc2ccccc2)cc(OCc2ccccc2)c(I)c1O. The largest absolute Gasteiger partial charge is 0.506 e. The van der Waals surface area contributed by atoms with Crippen molar-refractivity contribution in [2.45, 2.75) is 20.1 Å². The van der Waals surface area contributed by atoms with E-state index in [2.05, 4.69) is 0 Å². The van der Waals surface area contributed by atoms with Crippen LogP contribution in [0.25, 0.3) is 0 Å². The van der Waals surface area contributed by atoms with Gasteiger partial charge in [-0.15, -0.1) is 0 Å². The van der Waals surface area contributed by atoms with Gasteiger partial charge in [0.15, 0.2) is 5.78 Å². The average Bonchev–Trinajstić information content (AvgIpc) is 2.69. The topological polar surface area (TPSA) is 55.8 Å². The molecule has 0 aliphatic rings. The normalized spacial score (nSPS) is 10.4. The van der Waals surface area contributed by atoms with Crippen LogP contribution in [0.5, 0.6) is 17.2 Å². The van der Waals surface area contributed by atoms with Crippen LogP contribution in [-0.2, 0) is 13.2 Å². The number of aromatic hydroxyl groups is 1. The molecular weight excluding hydrogens is 455 g/mol. The number of hydrogen-bond acceptors (Lipinski definition) is 4. The second-order valence-electron chi connectivity index (χ2n) is 6.02. The predicted molar refractivity (Wildman–Crippen MR) is 112 cm³/mol. The Morgan fingerprint density at radius 1 is 0.889 bits per heavy atom. The Hall–Kier alpha value is -2.54. The minimum Gasteiger partial charge on any atom is -0.506 e. The highest BCUT2D eigenvalue weighted by Gasteiger charge is 2.21. The number of carbonyl (C=O) groups excluding carboxylic acids is 1. The van der Waals surface area contributed by atoms with E-state index < -0.39 is 0 Å². The number of halogens is 1. The molecule has 0 amide bonds. The summed E-state index contributed by atoms with van der Waals surface area (Å²) in [4.78, 5) is 12.1. The van der Waals surface area contributed by atoms with Crippen molar-refractivity contribution >= 4 is 28.4 Å². The highest BCUT2D eigenvalue weighted by Crippen LogP contribution is 2.40. The molecule has 0 bridgehead atoms. The molecule has 138 valence electrons. The third-order valence-electron chi connectivity index (χ3n) is 4.00. The van der Waals surface area contributed by atoms with Gasteiger partial charge in [0.1, 0.15) is 36.0 Å². The molecule has 0 fully saturated rings. The molecular formula is C22H19IO4. The Morgan fingerprint density at radius 3 is 1.85 bits per heavy atom. The second kappa shape index (κ2) is 8.90. The summed E-state index contributed by atoms with van der Waals surface area (Å²) >= 11 is 1.98. The molecule has 0 atom stereocenters. The zero-order valence-corrected chi connectivity index (χ0v) is 17.0. The Balaban J connectivity index is 1.87. The number of ketones is 1.